The van der Waals surface area contributed by atoms with Gasteiger partial charge in [-0.1, -0.05) is 38.2 Å². The van der Waals surface area contributed by atoms with E-state index in [1.54, 1.807) is 0 Å². The van der Waals surface area contributed by atoms with E-state index in [4.69, 9.17) is 9.47 Å². The molecule has 2 heterocycles. The smallest absolute Gasteiger partial charge is 0.334 e. The van der Waals surface area contributed by atoms with Crippen LogP contribution < -0.4 is 0 Å². The van der Waals surface area contributed by atoms with E-state index < -0.39 is 11.2 Å². The fourth-order valence-electron chi connectivity index (χ4n) is 9.18. The Bertz CT molecular complexity index is 1030. The SMILES string of the molecule is C=C1CCC[C@@]2(C)CC3(C45C[C@@]6(C)CCCC(=C)[C@@H]6CC4=C(C)C(=O)O5)OC(=O)C(C)=C3C[C@H]12. The highest BCUT2D eigenvalue weighted by Gasteiger charge is 2.74. The molecule has 6 atom stereocenters. The second kappa shape index (κ2) is 6.77. The molecule has 0 amide bonds. The van der Waals surface area contributed by atoms with Crippen LogP contribution in [-0.2, 0) is 19.1 Å². The number of hydrogen-bond acceptors (Lipinski definition) is 4. The number of esters is 2. The van der Waals surface area contributed by atoms with E-state index in [1.165, 1.54) is 11.1 Å². The minimum atomic E-state index is -0.910. The van der Waals surface area contributed by atoms with Gasteiger partial charge in [0.25, 0.3) is 0 Å². The van der Waals surface area contributed by atoms with Gasteiger partial charge in [0.1, 0.15) is 0 Å². The Morgan fingerprint density at radius 3 is 1.50 bits per heavy atom. The van der Waals surface area contributed by atoms with E-state index >= 15 is 0 Å². The van der Waals surface area contributed by atoms with Gasteiger partial charge < -0.3 is 9.47 Å². The number of allylic oxidation sites excluding steroid dienone is 2. The first-order valence-corrected chi connectivity index (χ1v) is 13.2. The van der Waals surface area contributed by atoms with E-state index in [9.17, 15) is 9.59 Å². The summed E-state index contributed by atoms with van der Waals surface area (Å²) in [4.78, 5) is 26.5. The van der Waals surface area contributed by atoms with Crippen molar-refractivity contribution in [3.8, 4) is 0 Å². The third-order valence-corrected chi connectivity index (χ3v) is 11.0. The molecule has 4 heteroatoms. The number of rotatable bonds is 1. The Morgan fingerprint density at radius 1 is 0.735 bits per heavy atom. The fraction of sp³-hybridized carbons (Fsp3) is 0.667. The summed E-state index contributed by atoms with van der Waals surface area (Å²) in [5.74, 6) is 0.213. The molecule has 182 valence electrons. The summed E-state index contributed by atoms with van der Waals surface area (Å²) in [6.07, 6.45) is 9.48. The molecule has 0 aromatic heterocycles. The predicted octanol–water partition coefficient (Wildman–Crippen LogP) is 6.52. The summed E-state index contributed by atoms with van der Waals surface area (Å²) in [7, 11) is 0. The predicted molar refractivity (Wildman–Crippen MR) is 131 cm³/mol. The summed E-state index contributed by atoms with van der Waals surface area (Å²) in [5.41, 5.74) is 4.30. The molecule has 0 radical (unpaired) electrons. The largest absolute Gasteiger partial charge is 0.446 e. The number of ether oxygens (including phenoxy) is 2. The van der Waals surface area contributed by atoms with Gasteiger partial charge in [-0.3, -0.25) is 0 Å². The van der Waals surface area contributed by atoms with Gasteiger partial charge >= 0.3 is 11.9 Å². The van der Waals surface area contributed by atoms with Gasteiger partial charge in [0.05, 0.1) is 0 Å². The molecule has 0 bridgehead atoms. The van der Waals surface area contributed by atoms with Crippen molar-refractivity contribution in [3.05, 3.63) is 46.6 Å². The normalized spacial score (nSPS) is 46.0. The highest BCUT2D eigenvalue weighted by Crippen LogP contribution is 2.70. The van der Waals surface area contributed by atoms with Gasteiger partial charge in [-0.05, 0) is 99.0 Å². The van der Waals surface area contributed by atoms with Crippen molar-refractivity contribution in [2.45, 2.75) is 103 Å². The summed E-state index contributed by atoms with van der Waals surface area (Å²) in [6.45, 7) is 17.4. The van der Waals surface area contributed by atoms with Gasteiger partial charge in [-0.25, -0.2) is 9.59 Å². The molecule has 0 aromatic rings. The van der Waals surface area contributed by atoms with E-state index in [0.717, 1.165) is 73.7 Å². The minimum absolute atomic E-state index is 0.0274. The molecule has 6 aliphatic rings. The quantitative estimate of drug-likeness (QED) is 0.329. The maximum Gasteiger partial charge on any atom is 0.334 e. The van der Waals surface area contributed by atoms with Crippen LogP contribution in [-0.4, -0.2) is 23.1 Å². The van der Waals surface area contributed by atoms with Gasteiger partial charge in [-0.15, -0.1) is 0 Å². The van der Waals surface area contributed by atoms with Gasteiger partial charge in [0.15, 0.2) is 11.2 Å². The monoisotopic (exact) mass is 462 g/mol. The molecule has 34 heavy (non-hydrogen) atoms. The lowest BCUT2D eigenvalue weighted by atomic mass is 9.46. The highest BCUT2D eigenvalue weighted by molar-refractivity contribution is 5.96. The second-order valence-corrected chi connectivity index (χ2v) is 12.8. The Kier molecular flexibility index (Phi) is 4.45. The molecular formula is C30H38O4. The molecule has 0 spiro atoms. The van der Waals surface area contributed by atoms with Crippen LogP contribution in [0.15, 0.2) is 46.6 Å². The average Bonchev–Trinajstić information content (AvgIpc) is 3.16. The first kappa shape index (κ1) is 22.4. The van der Waals surface area contributed by atoms with Gasteiger partial charge in [0, 0.05) is 24.0 Å². The summed E-state index contributed by atoms with van der Waals surface area (Å²) >= 11 is 0. The van der Waals surface area contributed by atoms with Crippen LogP contribution in [0.4, 0.5) is 0 Å². The van der Waals surface area contributed by atoms with Crippen molar-refractivity contribution >= 4 is 11.9 Å². The molecule has 2 aliphatic heterocycles. The number of fused-ring (bicyclic) bond motifs is 5. The first-order valence-electron chi connectivity index (χ1n) is 13.2. The Labute approximate surface area is 203 Å². The van der Waals surface area contributed by atoms with Crippen LogP contribution in [0.3, 0.4) is 0 Å². The minimum Gasteiger partial charge on any atom is -0.446 e. The zero-order valence-corrected chi connectivity index (χ0v) is 21.3. The van der Waals surface area contributed by atoms with Crippen LogP contribution in [0, 0.1) is 22.7 Å². The third-order valence-electron chi connectivity index (χ3n) is 11.0. The zero-order valence-electron chi connectivity index (χ0n) is 21.3. The molecule has 6 rings (SSSR count). The van der Waals surface area contributed by atoms with Crippen molar-refractivity contribution in [3.63, 3.8) is 0 Å². The fourth-order valence-corrected chi connectivity index (χ4v) is 9.18. The highest BCUT2D eigenvalue weighted by atomic mass is 16.6. The van der Waals surface area contributed by atoms with E-state index in [-0.39, 0.29) is 22.8 Å². The number of hydrogen-bond donors (Lipinski definition) is 0. The lowest BCUT2D eigenvalue weighted by molar-refractivity contribution is -0.209. The Balaban J connectivity index is 1.57. The maximum absolute atomic E-state index is 13.3. The van der Waals surface area contributed by atoms with Crippen LogP contribution in [0.2, 0.25) is 0 Å². The number of carbonyl (C=O) groups is 2. The zero-order chi connectivity index (χ0) is 24.3. The molecule has 0 saturated heterocycles. The van der Waals surface area contributed by atoms with Crippen LogP contribution in [0.25, 0.3) is 0 Å². The van der Waals surface area contributed by atoms with E-state index in [1.807, 2.05) is 13.8 Å². The van der Waals surface area contributed by atoms with E-state index in [2.05, 4.69) is 27.0 Å². The topological polar surface area (TPSA) is 52.6 Å². The molecular weight excluding hydrogens is 424 g/mol. The van der Waals surface area contributed by atoms with E-state index in [0.29, 0.717) is 24.7 Å². The van der Waals surface area contributed by atoms with Crippen molar-refractivity contribution in [2.75, 3.05) is 0 Å². The Morgan fingerprint density at radius 2 is 1.12 bits per heavy atom. The lowest BCUT2D eigenvalue weighted by Gasteiger charge is -2.61. The summed E-state index contributed by atoms with van der Waals surface area (Å²) in [6, 6.07) is 0. The maximum atomic E-state index is 13.3. The molecule has 0 N–H and O–H groups in total. The standard InChI is InChI=1S/C30H38O4/c1-17-9-7-11-27(5)15-29(23(13-21(17)27)19(3)25(31)33-29)30-16-28(6)12-8-10-18(2)22(28)14-24(30)20(4)26(32)34-30/h21-22H,1-2,7-16H2,3-6H3/t21-,22+,27+,28-,29?,30?. The molecule has 4 fully saturated rings. The first-order chi connectivity index (χ1) is 16.0. The average molecular weight is 463 g/mol. The lowest BCUT2D eigenvalue weighted by Crippen LogP contribution is -2.66. The van der Waals surface area contributed by atoms with Crippen molar-refractivity contribution < 1.29 is 19.1 Å². The summed E-state index contributed by atoms with van der Waals surface area (Å²) in [5, 5.41) is 0. The van der Waals surface area contributed by atoms with Crippen molar-refractivity contribution in [2.24, 2.45) is 22.7 Å². The molecule has 4 saturated carbocycles. The molecule has 2 unspecified atom stereocenters. The third kappa shape index (κ3) is 2.55. The molecule has 4 nitrogen and oxygen atoms in total. The summed E-state index contributed by atoms with van der Waals surface area (Å²) < 4.78 is 13.1. The van der Waals surface area contributed by atoms with Crippen LogP contribution in [0.5, 0.6) is 0 Å². The molecule has 4 aliphatic carbocycles. The van der Waals surface area contributed by atoms with Crippen LogP contribution in [0.1, 0.15) is 91.9 Å². The van der Waals surface area contributed by atoms with Gasteiger partial charge in [0.2, 0.25) is 0 Å². The van der Waals surface area contributed by atoms with Gasteiger partial charge in [-0.2, -0.15) is 0 Å². The second-order valence-electron chi connectivity index (χ2n) is 12.8. The number of carbonyl (C=O) groups excluding carboxylic acids is 2. The van der Waals surface area contributed by atoms with Crippen molar-refractivity contribution in [1.82, 2.24) is 0 Å². The molecule has 0 aromatic carbocycles. The van der Waals surface area contributed by atoms with Crippen molar-refractivity contribution in [1.29, 1.82) is 0 Å². The van der Waals surface area contributed by atoms with Crippen LogP contribution >= 0.6 is 0 Å². The Hall–Kier alpha value is -2.10.